The number of ether oxygens (including phenoxy) is 2. The van der Waals surface area contributed by atoms with E-state index in [-0.39, 0.29) is 12.0 Å². The van der Waals surface area contributed by atoms with Gasteiger partial charge in [-0.05, 0) is 19.1 Å². The summed E-state index contributed by atoms with van der Waals surface area (Å²) in [6, 6.07) is 7.62. The Balaban J connectivity index is 2.03. The van der Waals surface area contributed by atoms with Gasteiger partial charge in [-0.1, -0.05) is 18.2 Å². The van der Waals surface area contributed by atoms with Gasteiger partial charge in [0.1, 0.15) is 5.75 Å². The van der Waals surface area contributed by atoms with E-state index in [1.807, 2.05) is 31.2 Å². The first-order valence-electron chi connectivity index (χ1n) is 6.42. The summed E-state index contributed by atoms with van der Waals surface area (Å²) in [7, 11) is 1.62. The molecule has 0 radical (unpaired) electrons. The fourth-order valence-corrected chi connectivity index (χ4v) is 2.09. The molecule has 0 spiro atoms. The molecule has 1 amide bonds. The van der Waals surface area contributed by atoms with Crippen LogP contribution in [0.1, 0.15) is 12.5 Å². The fourth-order valence-electron chi connectivity index (χ4n) is 2.09. The second kappa shape index (κ2) is 6.38. The molecule has 1 aliphatic heterocycles. The van der Waals surface area contributed by atoms with Crippen molar-refractivity contribution in [3.8, 4) is 5.75 Å². The average Bonchev–Trinajstić information content (AvgIpc) is 2.45. The first-order valence-corrected chi connectivity index (χ1v) is 6.42. The van der Waals surface area contributed by atoms with Crippen LogP contribution >= 0.6 is 0 Å². The van der Waals surface area contributed by atoms with Gasteiger partial charge in [0.2, 0.25) is 5.91 Å². The second-order valence-corrected chi connectivity index (χ2v) is 4.54. The molecule has 1 heterocycles. The standard InChI is InChI=1S/C15H19NO3/c1-12-11-16(9-10-19-12)15(17)8-7-13-5-3-4-6-14(13)18-2/h3-8,12H,9-11H2,1-2H3/b8-7+. The molecule has 0 aromatic heterocycles. The van der Waals surface area contributed by atoms with Gasteiger partial charge in [0.15, 0.2) is 0 Å². The lowest BCUT2D eigenvalue weighted by molar-refractivity contribution is -0.132. The van der Waals surface area contributed by atoms with Crippen LogP contribution in [0.2, 0.25) is 0 Å². The number of amides is 1. The second-order valence-electron chi connectivity index (χ2n) is 4.54. The lowest BCUT2D eigenvalue weighted by Crippen LogP contribution is -2.43. The average molecular weight is 261 g/mol. The third-order valence-electron chi connectivity index (χ3n) is 3.10. The van der Waals surface area contributed by atoms with E-state index in [1.54, 1.807) is 24.2 Å². The molecule has 1 fully saturated rings. The van der Waals surface area contributed by atoms with Crippen molar-refractivity contribution in [1.29, 1.82) is 0 Å². The Hall–Kier alpha value is -1.81. The number of hydrogen-bond acceptors (Lipinski definition) is 3. The summed E-state index contributed by atoms with van der Waals surface area (Å²) in [6.45, 7) is 3.88. The number of carbonyl (C=O) groups excluding carboxylic acids is 1. The Labute approximate surface area is 113 Å². The lowest BCUT2D eigenvalue weighted by Gasteiger charge is -2.30. The molecule has 4 nitrogen and oxygen atoms in total. The Kier molecular flexibility index (Phi) is 4.58. The number of rotatable bonds is 3. The monoisotopic (exact) mass is 261 g/mol. The number of hydrogen-bond donors (Lipinski definition) is 0. The first-order chi connectivity index (χ1) is 9.20. The molecule has 1 aliphatic rings. The molecule has 1 saturated heterocycles. The van der Waals surface area contributed by atoms with Gasteiger partial charge in [-0.2, -0.15) is 0 Å². The van der Waals surface area contributed by atoms with Crippen LogP contribution in [0.25, 0.3) is 6.08 Å². The van der Waals surface area contributed by atoms with Crippen LogP contribution in [0.15, 0.2) is 30.3 Å². The lowest BCUT2D eigenvalue weighted by atomic mass is 10.2. The summed E-state index contributed by atoms with van der Waals surface area (Å²) in [6.07, 6.45) is 3.49. The first kappa shape index (κ1) is 13.6. The molecule has 0 aliphatic carbocycles. The highest BCUT2D eigenvalue weighted by atomic mass is 16.5. The third-order valence-corrected chi connectivity index (χ3v) is 3.10. The van der Waals surface area contributed by atoms with Crippen molar-refractivity contribution in [2.45, 2.75) is 13.0 Å². The predicted molar refractivity (Wildman–Crippen MR) is 74.0 cm³/mol. The van der Waals surface area contributed by atoms with Gasteiger partial charge in [0.05, 0.1) is 19.8 Å². The van der Waals surface area contributed by atoms with Crippen LogP contribution in [-0.2, 0) is 9.53 Å². The molecule has 0 N–H and O–H groups in total. The van der Waals surface area contributed by atoms with E-state index in [0.717, 1.165) is 11.3 Å². The van der Waals surface area contributed by atoms with Crippen molar-refractivity contribution in [2.75, 3.05) is 26.8 Å². The third kappa shape index (κ3) is 3.58. The normalized spacial score (nSPS) is 19.7. The van der Waals surface area contributed by atoms with Gasteiger partial charge in [-0.15, -0.1) is 0 Å². The Morgan fingerprint density at radius 1 is 1.47 bits per heavy atom. The van der Waals surface area contributed by atoms with E-state index >= 15 is 0 Å². The molecule has 1 aromatic rings. The molecule has 2 rings (SSSR count). The number of para-hydroxylation sites is 1. The highest BCUT2D eigenvalue weighted by Gasteiger charge is 2.19. The molecular formula is C15H19NO3. The predicted octanol–water partition coefficient (Wildman–Crippen LogP) is 1.96. The Bertz CT molecular complexity index is 470. The van der Waals surface area contributed by atoms with Gasteiger partial charge in [0.25, 0.3) is 0 Å². The number of carbonyl (C=O) groups is 1. The highest BCUT2D eigenvalue weighted by Crippen LogP contribution is 2.18. The highest BCUT2D eigenvalue weighted by molar-refractivity contribution is 5.92. The molecule has 0 bridgehead atoms. The fraction of sp³-hybridized carbons (Fsp3) is 0.400. The van der Waals surface area contributed by atoms with Gasteiger partial charge >= 0.3 is 0 Å². The van der Waals surface area contributed by atoms with Gasteiger partial charge in [-0.25, -0.2) is 0 Å². The minimum absolute atomic E-state index is 0.0149. The van der Waals surface area contributed by atoms with E-state index in [9.17, 15) is 4.79 Å². The quantitative estimate of drug-likeness (QED) is 0.781. The van der Waals surface area contributed by atoms with Gasteiger partial charge in [0, 0.05) is 24.7 Å². The van der Waals surface area contributed by atoms with Crippen molar-refractivity contribution < 1.29 is 14.3 Å². The minimum Gasteiger partial charge on any atom is -0.496 e. The largest absolute Gasteiger partial charge is 0.496 e. The van der Waals surface area contributed by atoms with Crippen LogP contribution in [0.4, 0.5) is 0 Å². The zero-order valence-corrected chi connectivity index (χ0v) is 11.3. The zero-order chi connectivity index (χ0) is 13.7. The van der Waals surface area contributed by atoms with Crippen LogP contribution in [0, 0.1) is 0 Å². The molecule has 19 heavy (non-hydrogen) atoms. The SMILES string of the molecule is COc1ccccc1/C=C/C(=O)N1CCOC(C)C1. The summed E-state index contributed by atoms with van der Waals surface area (Å²) in [4.78, 5) is 13.9. The molecule has 4 heteroatoms. The smallest absolute Gasteiger partial charge is 0.246 e. The summed E-state index contributed by atoms with van der Waals surface area (Å²) < 4.78 is 10.7. The van der Waals surface area contributed by atoms with Crippen LogP contribution in [0.3, 0.4) is 0 Å². The van der Waals surface area contributed by atoms with Crippen molar-refractivity contribution in [2.24, 2.45) is 0 Å². The summed E-state index contributed by atoms with van der Waals surface area (Å²) >= 11 is 0. The van der Waals surface area contributed by atoms with E-state index in [4.69, 9.17) is 9.47 Å². The number of methoxy groups -OCH3 is 1. The summed E-state index contributed by atoms with van der Waals surface area (Å²) in [5.41, 5.74) is 0.902. The maximum absolute atomic E-state index is 12.1. The van der Waals surface area contributed by atoms with Crippen LogP contribution < -0.4 is 4.74 Å². The molecule has 1 unspecified atom stereocenters. The Morgan fingerprint density at radius 3 is 3.00 bits per heavy atom. The van der Waals surface area contributed by atoms with Crippen molar-refractivity contribution in [3.63, 3.8) is 0 Å². The summed E-state index contributed by atoms with van der Waals surface area (Å²) in [5.74, 6) is 0.781. The topological polar surface area (TPSA) is 38.8 Å². The molecule has 1 atom stereocenters. The zero-order valence-electron chi connectivity index (χ0n) is 11.3. The van der Waals surface area contributed by atoms with Crippen LogP contribution in [-0.4, -0.2) is 43.7 Å². The van der Waals surface area contributed by atoms with Gasteiger partial charge in [-0.3, -0.25) is 4.79 Å². The molecule has 0 saturated carbocycles. The molecule has 102 valence electrons. The van der Waals surface area contributed by atoms with E-state index in [0.29, 0.717) is 19.7 Å². The summed E-state index contributed by atoms with van der Waals surface area (Å²) in [5, 5.41) is 0. The van der Waals surface area contributed by atoms with Crippen molar-refractivity contribution in [3.05, 3.63) is 35.9 Å². The molecule has 1 aromatic carbocycles. The minimum atomic E-state index is 0.0149. The maximum Gasteiger partial charge on any atom is 0.246 e. The Morgan fingerprint density at radius 2 is 2.26 bits per heavy atom. The number of benzene rings is 1. The van der Waals surface area contributed by atoms with Crippen molar-refractivity contribution >= 4 is 12.0 Å². The van der Waals surface area contributed by atoms with Crippen LogP contribution in [0.5, 0.6) is 5.75 Å². The van der Waals surface area contributed by atoms with Gasteiger partial charge < -0.3 is 14.4 Å². The van der Waals surface area contributed by atoms with E-state index in [2.05, 4.69) is 0 Å². The van der Waals surface area contributed by atoms with Crippen molar-refractivity contribution in [1.82, 2.24) is 4.90 Å². The van der Waals surface area contributed by atoms with E-state index in [1.165, 1.54) is 0 Å². The number of nitrogens with zero attached hydrogens (tertiary/aromatic N) is 1. The molecular weight excluding hydrogens is 242 g/mol. The van der Waals surface area contributed by atoms with E-state index < -0.39 is 0 Å². The maximum atomic E-state index is 12.1. The number of morpholine rings is 1.